The summed E-state index contributed by atoms with van der Waals surface area (Å²) in [6.07, 6.45) is 54.4. The minimum absolute atomic E-state index is 0.0203. The van der Waals surface area contributed by atoms with Crippen LogP contribution in [0.1, 0.15) is 226 Å². The van der Waals surface area contributed by atoms with Gasteiger partial charge in [0.05, 0.1) is 40.3 Å². The van der Waals surface area contributed by atoms with Gasteiger partial charge in [-0.1, -0.05) is 204 Å². The lowest BCUT2D eigenvalue weighted by atomic mass is 10.0. The van der Waals surface area contributed by atoms with Crippen LogP contribution in [0.5, 0.6) is 0 Å². The highest BCUT2D eigenvalue weighted by Crippen LogP contribution is 2.16. The zero-order valence-corrected chi connectivity index (χ0v) is 41.0. The first-order chi connectivity index (χ1) is 30.1. The van der Waals surface area contributed by atoms with E-state index in [2.05, 4.69) is 62.5 Å². The Bertz CT molecular complexity index is 1150. The second kappa shape index (κ2) is 44.9. The highest BCUT2D eigenvalue weighted by molar-refractivity contribution is 5.70. The van der Waals surface area contributed by atoms with Crippen molar-refractivity contribution in [2.75, 3.05) is 41.0 Å². The quantitative estimate of drug-likeness (QED) is 0.0260. The number of likely N-dealkylation sites (N-methyl/N-ethyl adjacent to an activating group) is 1. The van der Waals surface area contributed by atoms with Crippen molar-refractivity contribution in [3.05, 3.63) is 48.6 Å². The summed E-state index contributed by atoms with van der Waals surface area (Å²) in [6, 6.07) is -0.736. The first kappa shape index (κ1) is 59.3. The summed E-state index contributed by atoms with van der Waals surface area (Å²) in [5.74, 6) is -1.80. The van der Waals surface area contributed by atoms with Gasteiger partial charge < -0.3 is 28.6 Å². The highest BCUT2D eigenvalue weighted by atomic mass is 16.6. The average molecular weight is 872 g/mol. The molecular formula is C54H97NO7. The number of ether oxygens (including phenoxy) is 3. The highest BCUT2D eigenvalue weighted by Gasteiger charge is 2.25. The maximum Gasteiger partial charge on any atom is 0.306 e. The summed E-state index contributed by atoms with van der Waals surface area (Å²) >= 11 is 0. The van der Waals surface area contributed by atoms with Gasteiger partial charge in [0, 0.05) is 19.3 Å². The van der Waals surface area contributed by atoms with Crippen LogP contribution in [0.2, 0.25) is 0 Å². The summed E-state index contributed by atoms with van der Waals surface area (Å²) in [6.45, 7) is 4.60. The maximum atomic E-state index is 12.7. The monoisotopic (exact) mass is 872 g/mol. The zero-order valence-electron chi connectivity index (χ0n) is 41.0. The van der Waals surface area contributed by atoms with Crippen molar-refractivity contribution in [1.82, 2.24) is 0 Å². The Labute approximate surface area is 382 Å². The minimum atomic E-state index is -1.13. The van der Waals surface area contributed by atoms with Crippen LogP contribution in [0.4, 0.5) is 0 Å². The molecule has 0 bridgehead atoms. The van der Waals surface area contributed by atoms with Gasteiger partial charge >= 0.3 is 11.9 Å². The molecule has 0 radical (unpaired) electrons. The van der Waals surface area contributed by atoms with E-state index < -0.39 is 18.1 Å². The van der Waals surface area contributed by atoms with E-state index in [-0.39, 0.29) is 49.1 Å². The van der Waals surface area contributed by atoms with Gasteiger partial charge in [0.25, 0.3) is 0 Å². The number of hydrogen-bond donors (Lipinski definition) is 0. The van der Waals surface area contributed by atoms with E-state index in [0.29, 0.717) is 12.8 Å². The molecule has 0 rings (SSSR count). The van der Waals surface area contributed by atoms with E-state index in [1.54, 1.807) is 21.1 Å². The largest absolute Gasteiger partial charge is 0.544 e. The Morgan fingerprint density at radius 3 is 1.31 bits per heavy atom. The number of hydrogen-bond acceptors (Lipinski definition) is 7. The summed E-state index contributed by atoms with van der Waals surface area (Å²) in [7, 11) is 5.40. The van der Waals surface area contributed by atoms with Gasteiger partial charge in [0.1, 0.15) is 12.6 Å². The number of esters is 2. The van der Waals surface area contributed by atoms with Gasteiger partial charge in [-0.05, 0) is 51.4 Å². The van der Waals surface area contributed by atoms with Crippen molar-refractivity contribution in [1.29, 1.82) is 0 Å². The molecule has 2 unspecified atom stereocenters. The molecule has 0 aliphatic heterocycles. The number of carbonyl (C=O) groups excluding carboxylic acids is 3. The topological polar surface area (TPSA) is 102 Å². The van der Waals surface area contributed by atoms with Crippen molar-refractivity contribution in [3.63, 3.8) is 0 Å². The molecule has 0 fully saturated rings. The van der Waals surface area contributed by atoms with Gasteiger partial charge in [-0.2, -0.15) is 0 Å². The molecule has 0 aromatic heterocycles. The number of unbranched alkanes of at least 4 members (excludes halogenated alkanes) is 24. The minimum Gasteiger partial charge on any atom is -0.544 e. The van der Waals surface area contributed by atoms with Crippen LogP contribution < -0.4 is 5.11 Å². The fourth-order valence-corrected chi connectivity index (χ4v) is 7.48. The lowest BCUT2D eigenvalue weighted by Gasteiger charge is -2.34. The second-order valence-electron chi connectivity index (χ2n) is 18.4. The number of allylic oxidation sites excluding steroid dienone is 8. The van der Waals surface area contributed by atoms with Crippen LogP contribution in [0, 0.1) is 0 Å². The van der Waals surface area contributed by atoms with E-state index in [1.807, 2.05) is 0 Å². The first-order valence-corrected chi connectivity index (χ1v) is 25.7. The third-order valence-electron chi connectivity index (χ3n) is 11.5. The van der Waals surface area contributed by atoms with E-state index in [1.165, 1.54) is 141 Å². The molecule has 8 nitrogen and oxygen atoms in total. The molecular weight excluding hydrogens is 775 g/mol. The fraction of sp³-hybridized carbons (Fsp3) is 0.796. The van der Waals surface area contributed by atoms with Crippen molar-refractivity contribution >= 4 is 17.9 Å². The van der Waals surface area contributed by atoms with Gasteiger partial charge in [-0.15, -0.1) is 0 Å². The number of nitrogens with zero attached hydrogens (tertiary/aromatic N) is 1. The predicted molar refractivity (Wildman–Crippen MR) is 259 cm³/mol. The number of rotatable bonds is 46. The Morgan fingerprint density at radius 2 is 0.871 bits per heavy atom. The van der Waals surface area contributed by atoms with Crippen LogP contribution in [0.15, 0.2) is 48.6 Å². The summed E-state index contributed by atoms with van der Waals surface area (Å²) in [4.78, 5) is 37.0. The Balaban J connectivity index is 4.28. The van der Waals surface area contributed by atoms with E-state index in [9.17, 15) is 19.5 Å². The molecule has 0 aliphatic rings. The van der Waals surface area contributed by atoms with Crippen LogP contribution in [-0.2, 0) is 28.6 Å². The molecule has 0 aliphatic carbocycles. The molecule has 8 heteroatoms. The molecule has 0 spiro atoms. The number of carboxylic acids is 1. The standard InChI is InChI=1S/C54H97NO7/c1-6-8-10-12-14-16-18-20-22-24-25-26-27-29-30-32-34-36-38-40-42-44-52(56)61-49-50(48-60-47-46-51(54(58)59)55(3,4)5)62-53(57)45-43-41-39-37-35-33-31-28-23-21-19-17-15-13-11-9-7-2/h15,17,21,23,31,33,37,39,50-51H,6-14,16,18-20,22,24-30,32,34-36,38,40-49H2,1-5H3/b17-15+,23-21+,33-31+,39-37+. The summed E-state index contributed by atoms with van der Waals surface area (Å²) in [5.41, 5.74) is 0. The molecule has 0 amide bonds. The molecule has 0 aromatic carbocycles. The predicted octanol–water partition coefficient (Wildman–Crippen LogP) is 13.4. The first-order valence-electron chi connectivity index (χ1n) is 25.7. The Hall–Kier alpha value is -2.71. The van der Waals surface area contributed by atoms with E-state index in [0.717, 1.165) is 44.9 Å². The molecule has 0 aromatic rings. The van der Waals surface area contributed by atoms with Gasteiger partial charge in [0.15, 0.2) is 6.10 Å². The Kier molecular flexibility index (Phi) is 42.9. The molecule has 0 heterocycles. The SMILES string of the molecule is CCCCC/C=C/C/C=C/C/C=C/C/C=C/CCCC(=O)OC(COCCC(C(=O)[O-])[N+](C)(C)C)COC(=O)CCCCCCCCCCCCCCCCCCCCCCC. The Morgan fingerprint density at radius 1 is 0.484 bits per heavy atom. The lowest BCUT2D eigenvalue weighted by molar-refractivity contribution is -0.889. The van der Waals surface area contributed by atoms with Gasteiger partial charge in [0.2, 0.25) is 0 Å². The van der Waals surface area contributed by atoms with Crippen molar-refractivity contribution in [3.8, 4) is 0 Å². The van der Waals surface area contributed by atoms with Crippen LogP contribution >= 0.6 is 0 Å². The smallest absolute Gasteiger partial charge is 0.306 e. The second-order valence-corrected chi connectivity index (χ2v) is 18.4. The summed E-state index contributed by atoms with van der Waals surface area (Å²) in [5, 5.41) is 11.7. The van der Waals surface area contributed by atoms with Crippen molar-refractivity contribution in [2.24, 2.45) is 0 Å². The van der Waals surface area contributed by atoms with Gasteiger partial charge in [-0.25, -0.2) is 0 Å². The van der Waals surface area contributed by atoms with Crippen LogP contribution in [-0.4, -0.2) is 75.5 Å². The molecule has 2 atom stereocenters. The number of quaternary nitrogens is 1. The van der Waals surface area contributed by atoms with Crippen molar-refractivity contribution in [2.45, 2.75) is 238 Å². The van der Waals surface area contributed by atoms with E-state index >= 15 is 0 Å². The number of aliphatic carboxylic acids is 1. The average Bonchev–Trinajstić information content (AvgIpc) is 3.23. The zero-order chi connectivity index (χ0) is 45.6. The third kappa shape index (κ3) is 42.6. The molecule has 360 valence electrons. The molecule has 0 N–H and O–H groups in total. The molecule has 62 heavy (non-hydrogen) atoms. The third-order valence-corrected chi connectivity index (χ3v) is 11.5. The van der Waals surface area contributed by atoms with Crippen LogP contribution in [0.3, 0.4) is 0 Å². The number of carboxylic acid groups (broad SMARTS) is 1. The molecule has 0 saturated carbocycles. The lowest BCUT2D eigenvalue weighted by Crippen LogP contribution is -2.55. The van der Waals surface area contributed by atoms with E-state index in [4.69, 9.17) is 14.2 Å². The number of carbonyl (C=O) groups is 3. The fourth-order valence-electron chi connectivity index (χ4n) is 7.48. The molecule has 0 saturated heterocycles. The van der Waals surface area contributed by atoms with Crippen LogP contribution in [0.25, 0.3) is 0 Å². The van der Waals surface area contributed by atoms with Crippen molar-refractivity contribution < 1.29 is 38.2 Å². The normalized spacial score (nSPS) is 13.2. The van der Waals surface area contributed by atoms with Gasteiger partial charge in [-0.3, -0.25) is 9.59 Å². The summed E-state index contributed by atoms with van der Waals surface area (Å²) < 4.78 is 17.2. The maximum absolute atomic E-state index is 12.7.